The number of aromatic hydroxyl groups is 2. The maximum atomic E-state index is 12.2. The van der Waals surface area contributed by atoms with Crippen LogP contribution in [0.5, 0.6) is 11.5 Å². The molecular formula is C18H14N2O6. The topological polar surface area (TPSA) is 133 Å². The Morgan fingerprint density at radius 3 is 2.46 bits per heavy atom. The van der Waals surface area contributed by atoms with E-state index in [1.807, 2.05) is 0 Å². The zero-order valence-corrected chi connectivity index (χ0v) is 13.8. The molecule has 0 spiro atoms. The second-order valence-corrected chi connectivity index (χ2v) is 5.62. The van der Waals surface area contributed by atoms with Crippen LogP contribution in [-0.4, -0.2) is 21.3 Å². The summed E-state index contributed by atoms with van der Waals surface area (Å²) in [7, 11) is 0. The molecule has 3 N–H and O–H groups in total. The van der Waals surface area contributed by atoms with Gasteiger partial charge in [-0.25, -0.2) is 4.79 Å². The van der Waals surface area contributed by atoms with E-state index in [1.54, 1.807) is 12.1 Å². The number of hydrogen-bond acceptors (Lipinski definition) is 7. The van der Waals surface area contributed by atoms with E-state index in [-0.39, 0.29) is 39.2 Å². The van der Waals surface area contributed by atoms with Crippen molar-refractivity contribution >= 4 is 28.3 Å². The first kappa shape index (κ1) is 17.2. The lowest BCUT2D eigenvalue weighted by molar-refractivity contribution is 0.0697. The molecule has 0 saturated carbocycles. The Kier molecular flexibility index (Phi) is 4.17. The lowest BCUT2D eigenvalue weighted by Gasteiger charge is -2.09. The minimum Gasteiger partial charge on any atom is -0.507 e. The third-order valence-corrected chi connectivity index (χ3v) is 3.85. The molecular weight excluding hydrogens is 340 g/mol. The molecule has 0 aliphatic carbocycles. The van der Waals surface area contributed by atoms with Crippen LogP contribution in [-0.2, 0) is 0 Å². The van der Waals surface area contributed by atoms with Crippen molar-refractivity contribution < 1.29 is 24.5 Å². The number of hydrogen-bond donors (Lipinski definition) is 3. The maximum Gasteiger partial charge on any atom is 0.337 e. The first-order valence-electron chi connectivity index (χ1n) is 7.54. The molecule has 0 unspecified atom stereocenters. The summed E-state index contributed by atoms with van der Waals surface area (Å²) in [6.07, 6.45) is 0. The summed E-state index contributed by atoms with van der Waals surface area (Å²) in [6.45, 7) is 2.95. The van der Waals surface area contributed by atoms with Crippen molar-refractivity contribution in [3.8, 4) is 11.5 Å². The Morgan fingerprint density at radius 1 is 1.08 bits per heavy atom. The minimum atomic E-state index is -1.18. The van der Waals surface area contributed by atoms with E-state index >= 15 is 0 Å². The van der Waals surface area contributed by atoms with Crippen molar-refractivity contribution in [2.45, 2.75) is 13.8 Å². The molecule has 3 rings (SSSR count). The number of carbonyl (C=O) groups is 1. The molecule has 0 saturated heterocycles. The van der Waals surface area contributed by atoms with E-state index < -0.39 is 22.9 Å². The van der Waals surface area contributed by atoms with E-state index in [1.165, 1.54) is 32.0 Å². The van der Waals surface area contributed by atoms with Gasteiger partial charge in [-0.05, 0) is 26.0 Å². The summed E-state index contributed by atoms with van der Waals surface area (Å²) < 4.78 is 5.47. The number of aryl methyl sites for hydroxylation is 1. The molecule has 0 bridgehead atoms. The van der Waals surface area contributed by atoms with Crippen molar-refractivity contribution in [1.29, 1.82) is 0 Å². The van der Waals surface area contributed by atoms with Crippen LogP contribution in [0.25, 0.3) is 11.0 Å². The van der Waals surface area contributed by atoms with Gasteiger partial charge >= 0.3 is 5.97 Å². The number of carboxylic acid groups (broad SMARTS) is 1. The second kappa shape index (κ2) is 6.32. The normalized spacial score (nSPS) is 11.3. The fourth-order valence-electron chi connectivity index (χ4n) is 2.52. The summed E-state index contributed by atoms with van der Waals surface area (Å²) in [5.74, 6) is -1.75. The highest BCUT2D eigenvalue weighted by Crippen LogP contribution is 2.43. The zero-order valence-electron chi connectivity index (χ0n) is 13.8. The van der Waals surface area contributed by atoms with Crippen LogP contribution in [0.1, 0.15) is 21.7 Å². The quantitative estimate of drug-likeness (QED) is 0.610. The van der Waals surface area contributed by atoms with E-state index in [0.29, 0.717) is 0 Å². The summed E-state index contributed by atoms with van der Waals surface area (Å²) in [5.41, 5.74) is -0.772. The van der Waals surface area contributed by atoms with Gasteiger partial charge in [-0.2, -0.15) is 0 Å². The number of phenols is 2. The highest BCUT2D eigenvalue weighted by atomic mass is 16.4. The van der Waals surface area contributed by atoms with Crippen LogP contribution >= 0.6 is 0 Å². The molecule has 0 aliphatic heterocycles. The van der Waals surface area contributed by atoms with Crippen LogP contribution in [0.4, 0.5) is 11.4 Å². The van der Waals surface area contributed by atoms with Gasteiger partial charge in [0, 0.05) is 11.6 Å². The fourth-order valence-corrected chi connectivity index (χ4v) is 2.52. The monoisotopic (exact) mass is 354 g/mol. The lowest BCUT2D eigenvalue weighted by atomic mass is 10.1. The van der Waals surface area contributed by atoms with E-state index in [4.69, 9.17) is 4.42 Å². The largest absolute Gasteiger partial charge is 0.507 e. The van der Waals surface area contributed by atoms with Gasteiger partial charge in [-0.1, -0.05) is 12.1 Å². The third-order valence-electron chi connectivity index (χ3n) is 3.85. The standard InChI is InChI=1S/C18H14N2O6/c1-8-7-12(21)13-15(22)9(2)16(23)14(17(13)26-8)20-19-11-6-4-3-5-10(11)18(24)25/h3-7,22-23H,1-2H3,(H,24,25). The number of aromatic carboxylic acids is 1. The molecule has 2 aromatic carbocycles. The van der Waals surface area contributed by atoms with Crippen LogP contribution < -0.4 is 5.43 Å². The summed E-state index contributed by atoms with van der Waals surface area (Å²) in [5, 5.41) is 37.3. The average molecular weight is 354 g/mol. The van der Waals surface area contributed by atoms with Crippen molar-refractivity contribution in [2.24, 2.45) is 10.2 Å². The van der Waals surface area contributed by atoms with Crippen LogP contribution in [0, 0.1) is 13.8 Å². The van der Waals surface area contributed by atoms with Crippen molar-refractivity contribution in [2.75, 3.05) is 0 Å². The smallest absolute Gasteiger partial charge is 0.337 e. The number of phenolic OH excluding ortho intramolecular Hbond substituents is 2. The summed E-state index contributed by atoms with van der Waals surface area (Å²) in [6, 6.07) is 7.15. The molecule has 0 amide bonds. The Labute approximate surface area is 146 Å². The highest BCUT2D eigenvalue weighted by molar-refractivity contribution is 5.97. The van der Waals surface area contributed by atoms with Crippen LogP contribution in [0.2, 0.25) is 0 Å². The average Bonchev–Trinajstić information content (AvgIpc) is 2.59. The Bertz CT molecular complexity index is 1130. The highest BCUT2D eigenvalue weighted by Gasteiger charge is 2.21. The van der Waals surface area contributed by atoms with Gasteiger partial charge in [0.05, 0.1) is 5.56 Å². The molecule has 26 heavy (non-hydrogen) atoms. The predicted molar refractivity (Wildman–Crippen MR) is 92.9 cm³/mol. The van der Waals surface area contributed by atoms with Crippen molar-refractivity contribution in [3.63, 3.8) is 0 Å². The first-order chi connectivity index (χ1) is 12.3. The van der Waals surface area contributed by atoms with Crippen molar-refractivity contribution in [3.05, 3.63) is 57.4 Å². The van der Waals surface area contributed by atoms with Crippen molar-refractivity contribution in [1.82, 2.24) is 0 Å². The summed E-state index contributed by atoms with van der Waals surface area (Å²) >= 11 is 0. The lowest BCUT2D eigenvalue weighted by Crippen LogP contribution is -2.02. The molecule has 0 aliphatic rings. The number of fused-ring (bicyclic) bond motifs is 1. The Balaban J connectivity index is 2.30. The molecule has 0 atom stereocenters. The number of azo groups is 1. The molecule has 0 radical (unpaired) electrons. The Morgan fingerprint density at radius 2 is 1.77 bits per heavy atom. The van der Waals surface area contributed by atoms with Gasteiger partial charge in [-0.15, -0.1) is 10.2 Å². The Hall–Kier alpha value is -3.68. The van der Waals surface area contributed by atoms with Gasteiger partial charge in [0.2, 0.25) is 0 Å². The second-order valence-electron chi connectivity index (χ2n) is 5.62. The maximum absolute atomic E-state index is 12.2. The third kappa shape index (κ3) is 2.77. The SMILES string of the molecule is Cc1cc(=O)c2c(O)c(C)c(O)c(N=Nc3ccccc3C(=O)O)c2o1. The molecule has 1 aromatic heterocycles. The molecule has 132 valence electrons. The molecule has 1 heterocycles. The van der Waals surface area contributed by atoms with Gasteiger partial charge < -0.3 is 19.7 Å². The first-order valence-corrected chi connectivity index (χ1v) is 7.54. The minimum absolute atomic E-state index is 0.0362. The number of nitrogens with zero attached hydrogens (tertiary/aromatic N) is 2. The van der Waals surface area contributed by atoms with Gasteiger partial charge in [0.25, 0.3) is 0 Å². The predicted octanol–water partition coefficient (Wildman–Crippen LogP) is 3.93. The molecule has 3 aromatic rings. The van der Waals surface area contributed by atoms with E-state index in [2.05, 4.69) is 10.2 Å². The van der Waals surface area contributed by atoms with Gasteiger partial charge in [-0.3, -0.25) is 4.79 Å². The number of rotatable bonds is 3. The zero-order chi connectivity index (χ0) is 19.0. The number of benzene rings is 2. The molecule has 8 nitrogen and oxygen atoms in total. The molecule has 0 fully saturated rings. The van der Waals surface area contributed by atoms with Gasteiger partial charge in [0.1, 0.15) is 22.6 Å². The van der Waals surface area contributed by atoms with E-state index in [9.17, 15) is 24.9 Å². The fraction of sp³-hybridized carbons (Fsp3) is 0.111. The van der Waals surface area contributed by atoms with Crippen LogP contribution in [0.3, 0.4) is 0 Å². The molecule has 8 heteroatoms. The number of carboxylic acids is 1. The van der Waals surface area contributed by atoms with Gasteiger partial charge in [0.15, 0.2) is 22.4 Å². The summed E-state index contributed by atoms with van der Waals surface area (Å²) in [4.78, 5) is 23.5. The van der Waals surface area contributed by atoms with E-state index in [0.717, 1.165) is 0 Å². The van der Waals surface area contributed by atoms with Crippen LogP contribution in [0.15, 0.2) is 49.8 Å².